The highest BCUT2D eigenvalue weighted by Gasteiger charge is 2.34. The fraction of sp³-hybridized carbons (Fsp3) is 1.00. The van der Waals surface area contributed by atoms with Crippen molar-refractivity contribution in [3.8, 4) is 0 Å². The van der Waals surface area contributed by atoms with E-state index in [-0.39, 0.29) is 20.8 Å². The van der Waals surface area contributed by atoms with E-state index in [1.807, 2.05) is 0 Å². The summed E-state index contributed by atoms with van der Waals surface area (Å²) in [4.78, 5) is 0. The molecule has 0 aromatic heterocycles. The minimum absolute atomic E-state index is 0.106. The third-order valence-electron chi connectivity index (χ3n) is 1.22. The third-order valence-corrected chi connectivity index (χ3v) is 5.93. The van der Waals surface area contributed by atoms with E-state index < -0.39 is 9.84 Å². The van der Waals surface area contributed by atoms with Crippen LogP contribution in [0, 0.1) is 0 Å². The molecule has 1 heterocycles. The fourth-order valence-corrected chi connectivity index (χ4v) is 5.35. The summed E-state index contributed by atoms with van der Waals surface area (Å²) in [7, 11) is -2.78. The second-order valence-electron chi connectivity index (χ2n) is 2.11. The quantitative estimate of drug-likeness (QED) is 0.486. The standard InChI is InChI=1S/C4H6ClIO2S/c5-3-1-9(7,8)2-4(3)6/h3-4H,1-2H2/t3-,4+/m1/s1. The fourth-order valence-electron chi connectivity index (χ4n) is 0.762. The van der Waals surface area contributed by atoms with Gasteiger partial charge in [0.15, 0.2) is 9.84 Å². The van der Waals surface area contributed by atoms with Crippen molar-refractivity contribution in [2.45, 2.75) is 9.30 Å². The Morgan fingerprint density at radius 3 is 2.11 bits per heavy atom. The summed E-state index contributed by atoms with van der Waals surface area (Å²) in [6, 6.07) is 0. The van der Waals surface area contributed by atoms with Crippen LogP contribution in [0.5, 0.6) is 0 Å². The summed E-state index contributed by atoms with van der Waals surface area (Å²) in [5, 5.41) is -0.171. The zero-order valence-electron chi connectivity index (χ0n) is 4.55. The van der Waals surface area contributed by atoms with Crippen LogP contribution in [0.1, 0.15) is 0 Å². The molecule has 1 fully saturated rings. The Labute approximate surface area is 73.0 Å². The Hall–Kier alpha value is 0.970. The largest absolute Gasteiger partial charge is 0.229 e. The normalized spacial score (nSPS) is 41.1. The maximum Gasteiger partial charge on any atom is 0.152 e. The predicted molar refractivity (Wildman–Crippen MR) is 46.1 cm³/mol. The molecule has 0 N–H and O–H groups in total. The van der Waals surface area contributed by atoms with Gasteiger partial charge in [0, 0.05) is 3.92 Å². The highest BCUT2D eigenvalue weighted by atomic mass is 127. The molecule has 1 rings (SSSR count). The average molecular weight is 281 g/mol. The summed E-state index contributed by atoms with van der Waals surface area (Å²) < 4.78 is 21.6. The van der Waals surface area contributed by atoms with E-state index in [0.717, 1.165) is 0 Å². The van der Waals surface area contributed by atoms with E-state index >= 15 is 0 Å². The maximum absolute atomic E-state index is 10.8. The van der Waals surface area contributed by atoms with Gasteiger partial charge in [0.2, 0.25) is 0 Å². The molecule has 0 bridgehead atoms. The van der Waals surface area contributed by atoms with Crippen molar-refractivity contribution >= 4 is 44.0 Å². The smallest absolute Gasteiger partial charge is 0.152 e. The molecule has 1 aliphatic rings. The van der Waals surface area contributed by atoms with E-state index in [1.54, 1.807) is 0 Å². The SMILES string of the molecule is O=S1(=O)C[C@@H](Cl)[C@@H](I)C1. The van der Waals surface area contributed by atoms with E-state index in [2.05, 4.69) is 22.6 Å². The summed E-state index contributed by atoms with van der Waals surface area (Å²) in [6.07, 6.45) is 0. The third kappa shape index (κ3) is 1.94. The van der Waals surface area contributed by atoms with Gasteiger partial charge in [-0.2, -0.15) is 0 Å². The summed E-state index contributed by atoms with van der Waals surface area (Å²) in [6.45, 7) is 0. The number of rotatable bonds is 0. The Morgan fingerprint density at radius 2 is 2.00 bits per heavy atom. The lowest BCUT2D eigenvalue weighted by Crippen LogP contribution is -2.08. The molecule has 0 aliphatic carbocycles. The van der Waals surface area contributed by atoms with Crippen molar-refractivity contribution in [3.05, 3.63) is 0 Å². The monoisotopic (exact) mass is 280 g/mol. The second kappa shape index (κ2) is 2.54. The summed E-state index contributed by atoms with van der Waals surface area (Å²) in [5.74, 6) is 0.407. The van der Waals surface area contributed by atoms with E-state index in [9.17, 15) is 8.42 Å². The van der Waals surface area contributed by atoms with Gasteiger partial charge in [0.1, 0.15) is 0 Å². The molecule has 0 saturated carbocycles. The van der Waals surface area contributed by atoms with Crippen LogP contribution in [0.3, 0.4) is 0 Å². The van der Waals surface area contributed by atoms with Crippen molar-refractivity contribution < 1.29 is 8.42 Å². The molecule has 5 heteroatoms. The van der Waals surface area contributed by atoms with Crippen molar-refractivity contribution in [2.24, 2.45) is 0 Å². The molecule has 0 unspecified atom stereocenters. The predicted octanol–water partition coefficient (Wildman–Crippen LogP) is 0.826. The van der Waals surface area contributed by atoms with Crippen LogP contribution in [0.2, 0.25) is 0 Å². The van der Waals surface area contributed by atoms with Crippen LogP contribution in [0.15, 0.2) is 0 Å². The molecule has 54 valence electrons. The van der Waals surface area contributed by atoms with Crippen LogP contribution in [-0.4, -0.2) is 29.2 Å². The Balaban J connectivity index is 2.77. The zero-order valence-corrected chi connectivity index (χ0v) is 8.28. The van der Waals surface area contributed by atoms with Crippen molar-refractivity contribution in [2.75, 3.05) is 11.5 Å². The van der Waals surface area contributed by atoms with Crippen LogP contribution >= 0.6 is 34.2 Å². The van der Waals surface area contributed by atoms with Gasteiger partial charge in [-0.05, 0) is 0 Å². The van der Waals surface area contributed by atoms with Gasteiger partial charge < -0.3 is 0 Å². The molecule has 0 amide bonds. The molecule has 1 saturated heterocycles. The molecule has 0 aromatic carbocycles. The zero-order chi connectivity index (χ0) is 7.07. The van der Waals surface area contributed by atoms with Crippen LogP contribution < -0.4 is 0 Å². The first kappa shape index (κ1) is 8.07. The topological polar surface area (TPSA) is 34.1 Å². The minimum Gasteiger partial charge on any atom is -0.229 e. The molecule has 9 heavy (non-hydrogen) atoms. The number of sulfone groups is 1. The lowest BCUT2D eigenvalue weighted by Gasteiger charge is -1.97. The maximum atomic E-state index is 10.8. The van der Waals surface area contributed by atoms with E-state index in [0.29, 0.717) is 0 Å². The molecule has 0 aromatic rings. The molecule has 0 radical (unpaired) electrons. The lowest BCUT2D eigenvalue weighted by atomic mass is 10.4. The van der Waals surface area contributed by atoms with E-state index in [1.165, 1.54) is 0 Å². The molecular formula is C4H6ClIO2S. The Kier molecular flexibility index (Phi) is 2.28. The van der Waals surface area contributed by atoms with Crippen molar-refractivity contribution in [1.82, 2.24) is 0 Å². The first-order valence-electron chi connectivity index (χ1n) is 2.50. The van der Waals surface area contributed by atoms with Gasteiger partial charge in [0.05, 0.1) is 16.9 Å². The lowest BCUT2D eigenvalue weighted by molar-refractivity contribution is 0.602. The van der Waals surface area contributed by atoms with Gasteiger partial charge >= 0.3 is 0 Å². The molecular weight excluding hydrogens is 274 g/mol. The Morgan fingerprint density at radius 1 is 1.44 bits per heavy atom. The first-order chi connectivity index (χ1) is 4.01. The highest BCUT2D eigenvalue weighted by Crippen LogP contribution is 2.24. The molecule has 2 nitrogen and oxygen atoms in total. The van der Waals surface area contributed by atoms with Gasteiger partial charge in [-0.1, -0.05) is 22.6 Å². The summed E-state index contributed by atoms with van der Waals surface area (Å²) in [5.41, 5.74) is 0. The number of alkyl halides is 2. The van der Waals surface area contributed by atoms with Crippen LogP contribution in [0.25, 0.3) is 0 Å². The van der Waals surface area contributed by atoms with E-state index in [4.69, 9.17) is 11.6 Å². The van der Waals surface area contributed by atoms with Crippen LogP contribution in [0.4, 0.5) is 0 Å². The van der Waals surface area contributed by atoms with Crippen LogP contribution in [-0.2, 0) is 9.84 Å². The summed E-state index contributed by atoms with van der Waals surface area (Å²) >= 11 is 7.73. The van der Waals surface area contributed by atoms with Crippen molar-refractivity contribution in [1.29, 1.82) is 0 Å². The molecule has 1 aliphatic heterocycles. The van der Waals surface area contributed by atoms with Gasteiger partial charge in [-0.15, -0.1) is 11.6 Å². The highest BCUT2D eigenvalue weighted by molar-refractivity contribution is 14.1. The van der Waals surface area contributed by atoms with Crippen molar-refractivity contribution in [3.63, 3.8) is 0 Å². The van der Waals surface area contributed by atoms with Gasteiger partial charge in [-0.3, -0.25) is 0 Å². The minimum atomic E-state index is -2.78. The molecule has 0 spiro atoms. The molecule has 2 atom stereocenters. The first-order valence-corrected chi connectivity index (χ1v) is 6.00. The Bertz CT molecular complexity index is 185. The number of hydrogen-bond donors (Lipinski definition) is 0. The number of halogens is 2. The number of hydrogen-bond acceptors (Lipinski definition) is 2. The van der Waals surface area contributed by atoms with Gasteiger partial charge in [-0.25, -0.2) is 8.42 Å². The second-order valence-corrected chi connectivity index (χ2v) is 6.42. The average Bonchev–Trinajstić information content (AvgIpc) is 1.79. The van der Waals surface area contributed by atoms with Gasteiger partial charge in [0.25, 0.3) is 0 Å².